The number of rotatable bonds is 7. The fourth-order valence-corrected chi connectivity index (χ4v) is 7.70. The molecule has 47 heavy (non-hydrogen) atoms. The van der Waals surface area contributed by atoms with Gasteiger partial charge in [0.15, 0.2) is 5.69 Å². The molecular formula is C38H48N4O5. The van der Waals surface area contributed by atoms with Crippen LogP contribution in [0.25, 0.3) is 5.69 Å². The monoisotopic (exact) mass is 640 g/mol. The van der Waals surface area contributed by atoms with Crippen LogP contribution in [0.15, 0.2) is 54.6 Å². The van der Waals surface area contributed by atoms with Gasteiger partial charge in [-0.05, 0) is 120 Å². The van der Waals surface area contributed by atoms with Gasteiger partial charge in [-0.2, -0.15) is 5.10 Å². The zero-order valence-corrected chi connectivity index (χ0v) is 28.5. The molecule has 2 amide bonds. The third-order valence-corrected chi connectivity index (χ3v) is 10.4. The van der Waals surface area contributed by atoms with Crippen LogP contribution in [0.2, 0.25) is 0 Å². The molecule has 0 atom stereocenters. The zero-order chi connectivity index (χ0) is 33.4. The highest BCUT2D eigenvalue weighted by molar-refractivity contribution is 5.87. The Hall–Kier alpha value is -4.14. The lowest BCUT2D eigenvalue weighted by Crippen LogP contribution is -2.57. The van der Waals surface area contributed by atoms with Gasteiger partial charge in [0.25, 0.3) is 0 Å². The Bertz CT molecular complexity index is 1590. The molecule has 0 N–H and O–H groups in total. The van der Waals surface area contributed by atoms with Crippen LogP contribution in [-0.2, 0) is 26.1 Å². The number of hydrogen-bond acceptors (Lipinski definition) is 6. The summed E-state index contributed by atoms with van der Waals surface area (Å²) in [6.45, 7) is 11.9. The lowest BCUT2D eigenvalue weighted by atomic mass is 9.51. The number of hydrogen-bond donors (Lipinski definition) is 0. The van der Waals surface area contributed by atoms with Crippen LogP contribution in [0.4, 0.5) is 4.79 Å². The third kappa shape index (κ3) is 6.81. The molecule has 2 heterocycles. The Labute approximate surface area is 278 Å². The number of ether oxygens (including phenoxy) is 2. The highest BCUT2D eigenvalue weighted by atomic mass is 16.6. The minimum absolute atomic E-state index is 0.154. The molecule has 0 spiro atoms. The van der Waals surface area contributed by atoms with Crippen LogP contribution in [0.1, 0.15) is 99.1 Å². The van der Waals surface area contributed by atoms with Gasteiger partial charge < -0.3 is 19.3 Å². The number of aryl methyl sites for hydroxylation is 1. The van der Waals surface area contributed by atoms with Crippen molar-refractivity contribution in [1.82, 2.24) is 19.6 Å². The molecule has 2 bridgehead atoms. The van der Waals surface area contributed by atoms with Crippen molar-refractivity contribution in [3.8, 4) is 5.69 Å². The number of nitrogens with zero attached hydrogens (tertiary/aromatic N) is 4. The summed E-state index contributed by atoms with van der Waals surface area (Å²) < 4.78 is 12.4. The summed E-state index contributed by atoms with van der Waals surface area (Å²) in [7, 11) is 0. The van der Waals surface area contributed by atoms with E-state index in [0.717, 1.165) is 56.3 Å². The first-order valence-electron chi connectivity index (χ1n) is 17.1. The van der Waals surface area contributed by atoms with Crippen LogP contribution in [-0.4, -0.2) is 75.9 Å². The SMILES string of the molecule is CCOC(=O)c1cc(C)n(-c2ccc(Cc3ccc(C45CCC(C(=O)N6CCN(C(=O)OC(C)(C)C)CC6)(CC4)CC5)cc3)cc2)n1. The van der Waals surface area contributed by atoms with E-state index in [2.05, 4.69) is 41.5 Å². The van der Waals surface area contributed by atoms with E-state index in [4.69, 9.17) is 9.47 Å². The Balaban J connectivity index is 1.03. The van der Waals surface area contributed by atoms with E-state index < -0.39 is 11.6 Å². The smallest absolute Gasteiger partial charge is 0.410 e. The van der Waals surface area contributed by atoms with Crippen LogP contribution in [0, 0.1) is 12.3 Å². The third-order valence-electron chi connectivity index (χ3n) is 10.4. The summed E-state index contributed by atoms with van der Waals surface area (Å²) in [5, 5.41) is 4.44. The number of piperazine rings is 1. The van der Waals surface area contributed by atoms with E-state index in [1.165, 1.54) is 16.7 Å². The maximum Gasteiger partial charge on any atom is 0.410 e. The molecule has 3 aliphatic carbocycles. The van der Waals surface area contributed by atoms with Crippen molar-refractivity contribution in [3.63, 3.8) is 0 Å². The van der Waals surface area contributed by atoms with E-state index in [0.29, 0.717) is 38.5 Å². The molecular weight excluding hydrogens is 592 g/mol. The molecule has 1 aliphatic heterocycles. The van der Waals surface area contributed by atoms with Crippen molar-refractivity contribution < 1.29 is 23.9 Å². The minimum Gasteiger partial charge on any atom is -0.461 e. The van der Waals surface area contributed by atoms with Crippen molar-refractivity contribution in [1.29, 1.82) is 0 Å². The van der Waals surface area contributed by atoms with Crippen molar-refractivity contribution >= 4 is 18.0 Å². The molecule has 0 unspecified atom stereocenters. The maximum atomic E-state index is 13.8. The summed E-state index contributed by atoms with van der Waals surface area (Å²) in [6, 6.07) is 19.2. The van der Waals surface area contributed by atoms with Crippen molar-refractivity contribution in [3.05, 3.63) is 82.7 Å². The zero-order valence-electron chi connectivity index (χ0n) is 28.5. The first kappa shape index (κ1) is 32.8. The Kier molecular flexibility index (Phi) is 8.94. The normalized spacial score (nSPS) is 22.7. The number of esters is 1. The Morgan fingerprint density at radius 3 is 1.91 bits per heavy atom. The fraction of sp³-hybridized carbons (Fsp3) is 0.526. The predicted molar refractivity (Wildman–Crippen MR) is 180 cm³/mol. The van der Waals surface area contributed by atoms with Gasteiger partial charge in [0.05, 0.1) is 12.3 Å². The number of benzene rings is 2. The first-order chi connectivity index (χ1) is 22.4. The molecule has 2 aromatic carbocycles. The average molecular weight is 641 g/mol. The van der Waals surface area contributed by atoms with Gasteiger partial charge in [-0.25, -0.2) is 14.3 Å². The van der Waals surface area contributed by atoms with Gasteiger partial charge >= 0.3 is 12.1 Å². The quantitative estimate of drug-likeness (QED) is 0.270. The van der Waals surface area contributed by atoms with E-state index in [-0.39, 0.29) is 22.8 Å². The van der Waals surface area contributed by atoms with Gasteiger partial charge in [0.2, 0.25) is 5.91 Å². The standard InChI is InChI=1S/C38H48N4O5/c1-6-46-33(43)32-25-27(2)42(39-32)31-13-9-29(10-14-31)26-28-7-11-30(12-8-28)37-15-18-38(19-16-37,20-17-37)34(44)40-21-23-41(24-22-40)35(45)47-36(3,4)5/h7-14,25H,6,15-24,26H2,1-5H3. The second-order valence-electron chi connectivity index (χ2n) is 14.7. The van der Waals surface area contributed by atoms with Crippen molar-refractivity contribution in [2.24, 2.45) is 5.41 Å². The summed E-state index contributed by atoms with van der Waals surface area (Å²) in [5.74, 6) is -0.117. The van der Waals surface area contributed by atoms with E-state index in [1.807, 2.05) is 44.7 Å². The Morgan fingerprint density at radius 1 is 0.809 bits per heavy atom. The van der Waals surface area contributed by atoms with Crippen molar-refractivity contribution in [2.45, 2.75) is 90.6 Å². The highest BCUT2D eigenvalue weighted by Crippen LogP contribution is 2.58. The van der Waals surface area contributed by atoms with Crippen LogP contribution >= 0.6 is 0 Å². The number of amides is 2. The lowest BCUT2D eigenvalue weighted by Gasteiger charge is -2.54. The average Bonchev–Trinajstić information content (AvgIpc) is 3.47. The van der Waals surface area contributed by atoms with Crippen molar-refractivity contribution in [2.75, 3.05) is 32.8 Å². The number of carbonyl (C=O) groups excluding carboxylic acids is 3. The molecule has 7 rings (SSSR count). The molecule has 250 valence electrons. The number of fused-ring (bicyclic) bond motifs is 3. The van der Waals surface area contributed by atoms with Gasteiger partial charge in [-0.3, -0.25) is 4.79 Å². The molecule has 1 saturated heterocycles. The number of carbonyl (C=O) groups is 3. The summed E-state index contributed by atoms with van der Waals surface area (Å²) in [5.41, 5.74) is 5.35. The molecule has 1 aromatic heterocycles. The largest absolute Gasteiger partial charge is 0.461 e. The topological polar surface area (TPSA) is 94.0 Å². The Morgan fingerprint density at radius 2 is 1.36 bits per heavy atom. The highest BCUT2D eigenvalue weighted by Gasteiger charge is 2.54. The minimum atomic E-state index is -0.520. The molecule has 9 nitrogen and oxygen atoms in total. The molecule has 3 saturated carbocycles. The summed E-state index contributed by atoms with van der Waals surface area (Å²) >= 11 is 0. The van der Waals surface area contributed by atoms with Crippen LogP contribution in [0.3, 0.4) is 0 Å². The van der Waals surface area contributed by atoms with E-state index >= 15 is 0 Å². The fourth-order valence-electron chi connectivity index (χ4n) is 7.70. The molecule has 0 radical (unpaired) electrons. The van der Waals surface area contributed by atoms with Gasteiger partial charge in [0, 0.05) is 37.3 Å². The summed E-state index contributed by atoms with van der Waals surface area (Å²) in [6.07, 6.45) is 6.47. The first-order valence-corrected chi connectivity index (χ1v) is 17.1. The van der Waals surface area contributed by atoms with Crippen LogP contribution in [0.5, 0.6) is 0 Å². The summed E-state index contributed by atoms with van der Waals surface area (Å²) in [4.78, 5) is 42.1. The van der Waals surface area contributed by atoms with E-state index in [1.54, 1.807) is 22.6 Å². The second kappa shape index (κ2) is 12.8. The lowest BCUT2D eigenvalue weighted by molar-refractivity contribution is -0.151. The van der Waals surface area contributed by atoms with Gasteiger partial charge in [-0.1, -0.05) is 36.4 Å². The van der Waals surface area contributed by atoms with Gasteiger partial charge in [-0.15, -0.1) is 0 Å². The maximum absolute atomic E-state index is 13.8. The molecule has 4 aliphatic rings. The molecule has 9 heteroatoms. The second-order valence-corrected chi connectivity index (χ2v) is 14.7. The molecule has 3 aromatic rings. The van der Waals surface area contributed by atoms with Gasteiger partial charge in [0.1, 0.15) is 5.60 Å². The number of aromatic nitrogens is 2. The molecule has 4 fully saturated rings. The van der Waals surface area contributed by atoms with Crippen LogP contribution < -0.4 is 0 Å². The van der Waals surface area contributed by atoms with E-state index in [9.17, 15) is 14.4 Å². The predicted octanol–water partition coefficient (Wildman–Crippen LogP) is 6.62.